The van der Waals surface area contributed by atoms with E-state index in [1.54, 1.807) is 13.8 Å². The highest BCUT2D eigenvalue weighted by Crippen LogP contribution is 2.19. The molecule has 0 aliphatic rings. The molecule has 1 nitrogen and oxygen atoms in total. The van der Waals surface area contributed by atoms with Crippen LogP contribution in [0.25, 0.3) is 0 Å². The van der Waals surface area contributed by atoms with Crippen LogP contribution in [0.4, 0.5) is 0 Å². The minimum absolute atomic E-state index is 0.850. The van der Waals surface area contributed by atoms with E-state index in [1.807, 2.05) is 31.2 Å². The van der Waals surface area contributed by atoms with Crippen molar-refractivity contribution in [2.45, 2.75) is 26.4 Å². The molecular formula is C10H13O. The molecule has 59 valence electrons. The molecule has 1 rings (SSSR count). The minimum Gasteiger partial charge on any atom is -0.225 e. The molecule has 0 atom stereocenters. The van der Waals surface area contributed by atoms with Gasteiger partial charge >= 0.3 is 0 Å². The molecule has 0 aromatic heterocycles. The van der Waals surface area contributed by atoms with Gasteiger partial charge in [0, 0.05) is 0 Å². The standard InChI is InChI=1S/C10H13O/c1-8-4-6-9(7-5-8)10(2,3)11/h4-7H,1-3H3. The summed E-state index contributed by atoms with van der Waals surface area (Å²) < 4.78 is 0. The van der Waals surface area contributed by atoms with Crippen LogP contribution in [0.15, 0.2) is 24.3 Å². The van der Waals surface area contributed by atoms with Gasteiger partial charge in [-0.2, -0.15) is 0 Å². The van der Waals surface area contributed by atoms with Crippen molar-refractivity contribution in [3.8, 4) is 0 Å². The molecule has 0 spiro atoms. The van der Waals surface area contributed by atoms with Gasteiger partial charge in [-0.3, -0.25) is 0 Å². The Bertz CT molecular complexity index is 228. The summed E-state index contributed by atoms with van der Waals surface area (Å²) in [7, 11) is 0. The Hall–Kier alpha value is -0.820. The van der Waals surface area contributed by atoms with Crippen LogP contribution in [0.1, 0.15) is 25.0 Å². The van der Waals surface area contributed by atoms with E-state index in [4.69, 9.17) is 0 Å². The monoisotopic (exact) mass is 149 g/mol. The van der Waals surface area contributed by atoms with Gasteiger partial charge in [0.05, 0.1) is 0 Å². The van der Waals surface area contributed by atoms with E-state index >= 15 is 0 Å². The van der Waals surface area contributed by atoms with Gasteiger partial charge in [0.2, 0.25) is 0 Å². The van der Waals surface area contributed by atoms with Crippen LogP contribution in [0.5, 0.6) is 0 Å². The second kappa shape index (κ2) is 2.67. The molecule has 1 radical (unpaired) electrons. The number of benzene rings is 1. The highest BCUT2D eigenvalue weighted by atomic mass is 16.3. The molecule has 11 heavy (non-hydrogen) atoms. The average molecular weight is 149 g/mol. The van der Waals surface area contributed by atoms with E-state index < -0.39 is 5.60 Å². The third-order valence-electron chi connectivity index (χ3n) is 1.75. The van der Waals surface area contributed by atoms with Crippen LogP contribution >= 0.6 is 0 Å². The van der Waals surface area contributed by atoms with E-state index in [0.29, 0.717) is 0 Å². The predicted octanol–water partition coefficient (Wildman–Crippen LogP) is 2.66. The third-order valence-corrected chi connectivity index (χ3v) is 1.75. The third kappa shape index (κ3) is 2.05. The summed E-state index contributed by atoms with van der Waals surface area (Å²) in [5.41, 5.74) is 1.08. The Morgan fingerprint density at radius 3 is 1.91 bits per heavy atom. The fraction of sp³-hybridized carbons (Fsp3) is 0.400. The molecule has 0 amide bonds. The first-order chi connectivity index (χ1) is 5.00. The number of hydrogen-bond donors (Lipinski definition) is 0. The van der Waals surface area contributed by atoms with Crippen LogP contribution in [0.3, 0.4) is 0 Å². The molecule has 0 aliphatic heterocycles. The lowest BCUT2D eigenvalue weighted by Gasteiger charge is -2.14. The molecule has 1 aromatic rings. The fourth-order valence-electron chi connectivity index (χ4n) is 0.955. The summed E-state index contributed by atoms with van der Waals surface area (Å²) in [6.07, 6.45) is 0. The van der Waals surface area contributed by atoms with Crippen molar-refractivity contribution in [1.29, 1.82) is 0 Å². The van der Waals surface area contributed by atoms with Crippen LogP contribution in [-0.4, -0.2) is 0 Å². The minimum atomic E-state index is -0.965. The Morgan fingerprint density at radius 1 is 1.09 bits per heavy atom. The zero-order chi connectivity index (χ0) is 8.48. The molecule has 0 N–H and O–H groups in total. The van der Waals surface area contributed by atoms with Crippen molar-refractivity contribution in [3.05, 3.63) is 35.4 Å². The smallest absolute Gasteiger partial charge is 0.123 e. The molecule has 0 saturated heterocycles. The molecule has 0 aliphatic carbocycles. The van der Waals surface area contributed by atoms with E-state index in [9.17, 15) is 5.11 Å². The molecule has 1 heteroatoms. The Balaban J connectivity index is 2.99. The molecule has 0 saturated carbocycles. The Kier molecular flexibility index (Phi) is 2.01. The van der Waals surface area contributed by atoms with Gasteiger partial charge in [-0.15, -0.1) is 0 Å². The van der Waals surface area contributed by atoms with Crippen molar-refractivity contribution >= 4 is 0 Å². The molecule has 0 fully saturated rings. The number of aryl methyl sites for hydroxylation is 1. The van der Waals surface area contributed by atoms with Crippen molar-refractivity contribution in [2.75, 3.05) is 0 Å². The van der Waals surface area contributed by atoms with Gasteiger partial charge < -0.3 is 0 Å². The quantitative estimate of drug-likeness (QED) is 0.585. The highest BCUT2D eigenvalue weighted by molar-refractivity contribution is 5.25. The first-order valence-electron chi connectivity index (χ1n) is 3.78. The Labute approximate surface area is 67.7 Å². The van der Waals surface area contributed by atoms with Crippen molar-refractivity contribution < 1.29 is 5.11 Å². The second-order valence-corrected chi connectivity index (χ2v) is 3.38. The van der Waals surface area contributed by atoms with Gasteiger partial charge in [0.25, 0.3) is 0 Å². The van der Waals surface area contributed by atoms with Crippen molar-refractivity contribution in [3.63, 3.8) is 0 Å². The van der Waals surface area contributed by atoms with E-state index in [-0.39, 0.29) is 0 Å². The summed E-state index contributed by atoms with van der Waals surface area (Å²) in [5, 5.41) is 11.4. The summed E-state index contributed by atoms with van der Waals surface area (Å²) in [4.78, 5) is 0. The van der Waals surface area contributed by atoms with Gasteiger partial charge in [0.15, 0.2) is 0 Å². The fourth-order valence-corrected chi connectivity index (χ4v) is 0.955. The molecule has 0 bridgehead atoms. The maximum absolute atomic E-state index is 11.4. The normalized spacial score (nSPS) is 11.6. The molecule has 0 heterocycles. The lowest BCUT2D eigenvalue weighted by Crippen LogP contribution is -2.12. The van der Waals surface area contributed by atoms with Gasteiger partial charge in [-0.25, -0.2) is 5.11 Å². The molecule has 0 unspecified atom stereocenters. The first kappa shape index (κ1) is 8.28. The summed E-state index contributed by atoms with van der Waals surface area (Å²) in [6, 6.07) is 7.72. The number of rotatable bonds is 1. The predicted molar refractivity (Wildman–Crippen MR) is 44.9 cm³/mol. The van der Waals surface area contributed by atoms with E-state index in [2.05, 4.69) is 0 Å². The van der Waals surface area contributed by atoms with Gasteiger partial charge in [-0.05, 0) is 26.3 Å². The maximum atomic E-state index is 11.4. The second-order valence-electron chi connectivity index (χ2n) is 3.38. The van der Waals surface area contributed by atoms with Gasteiger partial charge in [0.1, 0.15) is 5.60 Å². The zero-order valence-corrected chi connectivity index (χ0v) is 7.22. The van der Waals surface area contributed by atoms with E-state index in [0.717, 1.165) is 5.56 Å². The zero-order valence-electron chi connectivity index (χ0n) is 7.22. The van der Waals surface area contributed by atoms with Crippen molar-refractivity contribution in [1.82, 2.24) is 0 Å². The Morgan fingerprint density at radius 2 is 1.55 bits per heavy atom. The van der Waals surface area contributed by atoms with Crippen LogP contribution in [0.2, 0.25) is 0 Å². The van der Waals surface area contributed by atoms with Crippen molar-refractivity contribution in [2.24, 2.45) is 0 Å². The largest absolute Gasteiger partial charge is 0.225 e. The van der Waals surface area contributed by atoms with Gasteiger partial charge in [-0.1, -0.05) is 29.8 Å². The topological polar surface area (TPSA) is 19.9 Å². The molecular weight excluding hydrogens is 136 g/mol. The first-order valence-corrected chi connectivity index (χ1v) is 3.78. The summed E-state index contributed by atoms with van der Waals surface area (Å²) >= 11 is 0. The number of hydrogen-bond acceptors (Lipinski definition) is 0. The lowest BCUT2D eigenvalue weighted by molar-refractivity contribution is -0.000104. The van der Waals surface area contributed by atoms with Crippen LogP contribution in [0, 0.1) is 6.92 Å². The summed E-state index contributed by atoms with van der Waals surface area (Å²) in [5.74, 6) is 0. The van der Waals surface area contributed by atoms with E-state index in [1.165, 1.54) is 5.56 Å². The van der Waals surface area contributed by atoms with Crippen LogP contribution in [-0.2, 0) is 10.7 Å². The molecule has 1 aromatic carbocycles. The summed E-state index contributed by atoms with van der Waals surface area (Å²) in [6.45, 7) is 5.37. The average Bonchev–Trinajstić information content (AvgIpc) is 1.86. The maximum Gasteiger partial charge on any atom is 0.123 e. The SMILES string of the molecule is Cc1ccc(C(C)(C)[O])cc1. The highest BCUT2D eigenvalue weighted by Gasteiger charge is 2.17. The lowest BCUT2D eigenvalue weighted by atomic mass is 9.98. The van der Waals surface area contributed by atoms with Crippen LogP contribution < -0.4 is 0 Å².